The molecule has 0 bridgehead atoms. The molecule has 1 aromatic heterocycles. The summed E-state index contributed by atoms with van der Waals surface area (Å²) in [5.74, 6) is 1.85. The molecule has 0 aliphatic heterocycles. The number of carbonyl (C=O) groups is 1. The van der Waals surface area contributed by atoms with Gasteiger partial charge in [0.1, 0.15) is 11.5 Å². The van der Waals surface area contributed by atoms with E-state index in [0.29, 0.717) is 0 Å². The van der Waals surface area contributed by atoms with E-state index >= 15 is 0 Å². The lowest BCUT2D eigenvalue weighted by Crippen LogP contribution is -2.16. The van der Waals surface area contributed by atoms with Crippen molar-refractivity contribution < 1.29 is 9.21 Å². The van der Waals surface area contributed by atoms with Crippen molar-refractivity contribution in [1.82, 2.24) is 0 Å². The molecule has 0 saturated heterocycles. The number of aryl methyl sites for hydroxylation is 2. The highest BCUT2D eigenvalue weighted by atomic mass is 16.3. The minimum absolute atomic E-state index is 0.883. The van der Waals surface area contributed by atoms with E-state index in [9.17, 15) is 4.79 Å². The maximum Gasteiger partial charge on any atom is 0.218 e. The zero-order valence-corrected chi connectivity index (χ0v) is 21.5. The number of nitrogens with zero attached hydrogens (tertiary/aromatic N) is 1. The Morgan fingerprint density at radius 1 is 0.727 bits per heavy atom. The number of para-hydroxylation sites is 1. The molecule has 2 aromatic rings. The van der Waals surface area contributed by atoms with Gasteiger partial charge in [-0.2, -0.15) is 0 Å². The zero-order valence-electron chi connectivity index (χ0n) is 21.5. The first kappa shape index (κ1) is 27.2. The van der Waals surface area contributed by atoms with Crippen LogP contribution in [0.15, 0.2) is 34.7 Å². The molecule has 33 heavy (non-hydrogen) atoms. The third-order valence-corrected chi connectivity index (χ3v) is 6.81. The monoisotopic (exact) mass is 453 g/mol. The lowest BCUT2D eigenvalue weighted by molar-refractivity contribution is -0.106. The van der Waals surface area contributed by atoms with Crippen molar-refractivity contribution in [3.8, 4) is 0 Å². The number of anilines is 2. The van der Waals surface area contributed by atoms with Gasteiger partial charge < -0.3 is 4.42 Å². The molecule has 0 unspecified atom stereocenters. The number of unbranched alkanes of at least 4 members (excludes halogenated alkanes) is 14. The molecule has 0 aliphatic carbocycles. The Bertz CT molecular complexity index is 765. The second-order valence-corrected chi connectivity index (χ2v) is 9.57. The zero-order chi connectivity index (χ0) is 23.7. The molecule has 3 nitrogen and oxygen atoms in total. The smallest absolute Gasteiger partial charge is 0.218 e. The quantitative estimate of drug-likeness (QED) is 0.157. The molecular weight excluding hydrogens is 406 g/mol. The number of hydrogen-bond donors (Lipinski definition) is 0. The summed E-state index contributed by atoms with van der Waals surface area (Å²) in [4.78, 5) is 13.6. The number of furan rings is 1. The molecule has 0 fully saturated rings. The van der Waals surface area contributed by atoms with E-state index in [1.807, 2.05) is 44.2 Å². The molecule has 0 N–H and O–H groups in total. The normalized spacial score (nSPS) is 11.1. The number of carbonyl (C=O) groups excluding carboxylic acids is 1. The van der Waals surface area contributed by atoms with Crippen molar-refractivity contribution >= 4 is 17.8 Å². The number of amides is 1. The van der Waals surface area contributed by atoms with Gasteiger partial charge >= 0.3 is 0 Å². The van der Waals surface area contributed by atoms with E-state index in [1.165, 1.54) is 89.9 Å². The minimum atomic E-state index is 0.883. The third-order valence-electron chi connectivity index (χ3n) is 6.81. The second-order valence-electron chi connectivity index (χ2n) is 9.57. The fraction of sp³-hybridized carbons (Fsp3) is 0.633. The van der Waals surface area contributed by atoms with Crippen LogP contribution in [0.2, 0.25) is 0 Å². The average molecular weight is 454 g/mol. The topological polar surface area (TPSA) is 33.5 Å². The van der Waals surface area contributed by atoms with Crippen molar-refractivity contribution in [2.45, 2.75) is 124 Å². The molecule has 0 atom stereocenters. The van der Waals surface area contributed by atoms with Gasteiger partial charge in [-0.25, -0.2) is 0 Å². The lowest BCUT2D eigenvalue weighted by Gasteiger charge is -2.18. The van der Waals surface area contributed by atoms with Crippen LogP contribution >= 0.6 is 0 Å². The van der Waals surface area contributed by atoms with Crippen LogP contribution in [-0.4, -0.2) is 6.41 Å². The van der Waals surface area contributed by atoms with Gasteiger partial charge in [-0.15, -0.1) is 0 Å². The van der Waals surface area contributed by atoms with Crippen molar-refractivity contribution in [1.29, 1.82) is 0 Å². The molecule has 1 aromatic carbocycles. The summed E-state index contributed by atoms with van der Waals surface area (Å²) >= 11 is 0. The molecule has 1 amide bonds. The van der Waals surface area contributed by atoms with Crippen LogP contribution in [0.4, 0.5) is 11.4 Å². The van der Waals surface area contributed by atoms with Crippen LogP contribution in [0, 0.1) is 13.8 Å². The SMILES string of the molecule is CCCCCCCCCCCCCCCCCc1oc(C)c(C)c1N(C=O)c1ccccc1. The summed E-state index contributed by atoms with van der Waals surface area (Å²) in [6.45, 7) is 6.32. The van der Waals surface area contributed by atoms with Crippen LogP contribution in [0.1, 0.15) is 120 Å². The number of benzene rings is 1. The first-order valence-electron chi connectivity index (χ1n) is 13.6. The lowest BCUT2D eigenvalue weighted by atomic mass is 10.0. The summed E-state index contributed by atoms with van der Waals surface area (Å²) < 4.78 is 6.07. The molecule has 0 spiro atoms. The maximum atomic E-state index is 11.9. The highest BCUT2D eigenvalue weighted by Crippen LogP contribution is 2.35. The molecule has 1 heterocycles. The first-order chi connectivity index (χ1) is 16.2. The second kappa shape index (κ2) is 16.6. The van der Waals surface area contributed by atoms with Gasteiger partial charge in [0.15, 0.2) is 0 Å². The Hall–Kier alpha value is -2.03. The predicted molar refractivity (Wildman–Crippen MR) is 141 cm³/mol. The summed E-state index contributed by atoms with van der Waals surface area (Å²) in [5.41, 5.74) is 2.87. The summed E-state index contributed by atoms with van der Waals surface area (Å²) in [5, 5.41) is 0. The van der Waals surface area contributed by atoms with Gasteiger partial charge in [0.05, 0.1) is 5.69 Å². The van der Waals surface area contributed by atoms with Crippen molar-refractivity contribution in [3.05, 3.63) is 47.4 Å². The minimum Gasteiger partial charge on any atom is -0.464 e. The number of hydrogen-bond acceptors (Lipinski definition) is 2. The Labute approximate surface area is 203 Å². The highest BCUT2D eigenvalue weighted by Gasteiger charge is 2.21. The molecule has 0 aliphatic rings. The van der Waals surface area contributed by atoms with Crippen LogP contribution in [0.3, 0.4) is 0 Å². The highest BCUT2D eigenvalue weighted by molar-refractivity contribution is 5.88. The van der Waals surface area contributed by atoms with Crippen LogP contribution < -0.4 is 4.90 Å². The van der Waals surface area contributed by atoms with Gasteiger partial charge in [-0.05, 0) is 32.4 Å². The van der Waals surface area contributed by atoms with E-state index in [2.05, 4.69) is 6.92 Å². The largest absolute Gasteiger partial charge is 0.464 e. The van der Waals surface area contributed by atoms with E-state index in [-0.39, 0.29) is 0 Å². The fourth-order valence-electron chi connectivity index (χ4n) is 4.66. The summed E-state index contributed by atoms with van der Waals surface area (Å²) in [6.07, 6.45) is 22.3. The average Bonchev–Trinajstić information content (AvgIpc) is 3.11. The Morgan fingerprint density at radius 3 is 1.70 bits per heavy atom. The Morgan fingerprint density at radius 2 is 1.21 bits per heavy atom. The maximum absolute atomic E-state index is 11.9. The third kappa shape index (κ3) is 9.78. The molecule has 3 heteroatoms. The van der Waals surface area contributed by atoms with Gasteiger partial charge in [0.25, 0.3) is 0 Å². The summed E-state index contributed by atoms with van der Waals surface area (Å²) in [6, 6.07) is 9.82. The van der Waals surface area contributed by atoms with Crippen LogP contribution in [0.5, 0.6) is 0 Å². The molecular formula is C30H47NO2. The standard InChI is InChI=1S/C30H47NO2/c1-4-5-6-7-8-9-10-11-12-13-14-15-16-17-21-24-29-30(26(2)27(3)33-29)31(25-32)28-22-19-18-20-23-28/h18-20,22-23,25H,4-17,21,24H2,1-3H3. The van der Waals surface area contributed by atoms with Crippen molar-refractivity contribution in [2.75, 3.05) is 4.90 Å². The fourth-order valence-corrected chi connectivity index (χ4v) is 4.66. The molecule has 0 saturated carbocycles. The summed E-state index contributed by atoms with van der Waals surface area (Å²) in [7, 11) is 0. The van der Waals surface area contributed by atoms with Gasteiger partial charge in [-0.1, -0.05) is 115 Å². The van der Waals surface area contributed by atoms with Crippen LogP contribution in [0.25, 0.3) is 0 Å². The van der Waals surface area contributed by atoms with Gasteiger partial charge in [0.2, 0.25) is 6.41 Å². The molecule has 184 valence electrons. The van der Waals surface area contributed by atoms with E-state index in [4.69, 9.17) is 4.42 Å². The van der Waals surface area contributed by atoms with Gasteiger partial charge in [-0.3, -0.25) is 9.69 Å². The molecule has 2 rings (SSSR count). The van der Waals surface area contributed by atoms with E-state index < -0.39 is 0 Å². The van der Waals surface area contributed by atoms with E-state index in [1.54, 1.807) is 4.90 Å². The predicted octanol–water partition coefficient (Wildman–Crippen LogP) is 9.60. The van der Waals surface area contributed by atoms with E-state index in [0.717, 1.165) is 47.7 Å². The van der Waals surface area contributed by atoms with Crippen molar-refractivity contribution in [2.24, 2.45) is 0 Å². The Balaban J connectivity index is 1.61. The van der Waals surface area contributed by atoms with Crippen molar-refractivity contribution in [3.63, 3.8) is 0 Å². The van der Waals surface area contributed by atoms with Crippen LogP contribution in [-0.2, 0) is 11.2 Å². The molecule has 0 radical (unpaired) electrons. The van der Waals surface area contributed by atoms with Gasteiger partial charge in [0, 0.05) is 17.7 Å². The Kier molecular flexibility index (Phi) is 13.7. The first-order valence-corrected chi connectivity index (χ1v) is 13.6. The number of rotatable bonds is 19.